The minimum Gasteiger partial charge on any atom is -0.355 e. The van der Waals surface area contributed by atoms with Gasteiger partial charge in [-0.15, -0.1) is 0 Å². The van der Waals surface area contributed by atoms with Crippen molar-refractivity contribution in [3.8, 4) is 5.82 Å². The maximum atomic E-state index is 12.5. The molecule has 3 aromatic heterocycles. The van der Waals surface area contributed by atoms with Gasteiger partial charge in [0.1, 0.15) is 24.8 Å². The number of benzene rings is 1. The first-order chi connectivity index (χ1) is 13.3. The number of carbonyl (C=O) groups excluding carboxylic acids is 1. The Hall–Kier alpha value is -3.82. The number of H-pyrrole nitrogens is 1. The summed E-state index contributed by atoms with van der Waals surface area (Å²) >= 11 is 0. The zero-order valence-electron chi connectivity index (χ0n) is 14.1. The molecule has 2 N–H and O–H groups in total. The van der Waals surface area contributed by atoms with Gasteiger partial charge in [0.25, 0.3) is 0 Å². The molecule has 1 fully saturated rings. The maximum absolute atomic E-state index is 12.5. The molecule has 0 bridgehead atoms. The molecule has 5 rings (SSSR count). The Morgan fingerprint density at radius 3 is 2.89 bits per heavy atom. The Kier molecular flexibility index (Phi) is 3.52. The number of fused-ring (bicyclic) bond motifs is 1. The van der Waals surface area contributed by atoms with E-state index in [4.69, 9.17) is 0 Å². The van der Waals surface area contributed by atoms with Crippen molar-refractivity contribution in [2.75, 3.05) is 23.3 Å². The Morgan fingerprint density at radius 1 is 1.15 bits per heavy atom. The van der Waals surface area contributed by atoms with Crippen LogP contribution in [0.2, 0.25) is 0 Å². The van der Waals surface area contributed by atoms with Gasteiger partial charge in [-0.1, -0.05) is 0 Å². The van der Waals surface area contributed by atoms with Gasteiger partial charge < -0.3 is 10.2 Å². The van der Waals surface area contributed by atoms with Crippen LogP contribution in [0.3, 0.4) is 0 Å². The van der Waals surface area contributed by atoms with Crippen molar-refractivity contribution in [1.29, 1.82) is 0 Å². The topological polar surface area (TPSA) is 118 Å². The number of hydrogen-bond acceptors (Lipinski definition) is 7. The van der Waals surface area contributed by atoms with E-state index in [0.29, 0.717) is 18.9 Å². The number of nitrogens with zero attached hydrogens (tertiary/aromatic N) is 7. The molecule has 0 radical (unpaired) electrons. The minimum atomic E-state index is -0.0905. The van der Waals surface area contributed by atoms with Gasteiger partial charge in [-0.2, -0.15) is 10.2 Å². The van der Waals surface area contributed by atoms with Crippen LogP contribution in [-0.2, 0) is 4.79 Å². The summed E-state index contributed by atoms with van der Waals surface area (Å²) in [5.41, 5.74) is 1.65. The predicted octanol–water partition coefficient (Wildman–Crippen LogP) is 1.01. The molecule has 4 heterocycles. The van der Waals surface area contributed by atoms with Gasteiger partial charge in [-0.05, 0) is 18.2 Å². The highest BCUT2D eigenvalue weighted by atomic mass is 16.2. The lowest BCUT2D eigenvalue weighted by Crippen LogP contribution is -2.52. The molecule has 1 saturated heterocycles. The highest BCUT2D eigenvalue weighted by molar-refractivity contribution is 5.96. The highest BCUT2D eigenvalue weighted by Crippen LogP contribution is 2.25. The molecular weight excluding hydrogens is 346 g/mol. The molecule has 1 aliphatic heterocycles. The van der Waals surface area contributed by atoms with Gasteiger partial charge in [0.2, 0.25) is 5.91 Å². The summed E-state index contributed by atoms with van der Waals surface area (Å²) in [6.07, 6.45) is 6.26. The second kappa shape index (κ2) is 6.16. The van der Waals surface area contributed by atoms with Crippen LogP contribution in [0.25, 0.3) is 16.7 Å². The predicted molar refractivity (Wildman–Crippen MR) is 97.4 cm³/mol. The molecule has 1 aliphatic rings. The first-order valence-corrected chi connectivity index (χ1v) is 8.42. The molecule has 10 heteroatoms. The molecule has 0 spiro atoms. The van der Waals surface area contributed by atoms with E-state index in [1.165, 1.54) is 12.7 Å². The van der Waals surface area contributed by atoms with Gasteiger partial charge in [0.15, 0.2) is 5.82 Å². The Labute approximate surface area is 153 Å². The summed E-state index contributed by atoms with van der Waals surface area (Å²) in [7, 11) is 0. The van der Waals surface area contributed by atoms with E-state index < -0.39 is 0 Å². The third kappa shape index (κ3) is 2.86. The van der Waals surface area contributed by atoms with Crippen LogP contribution < -0.4 is 10.2 Å². The summed E-state index contributed by atoms with van der Waals surface area (Å²) in [5.74, 6) is 1.31. The average molecular weight is 361 g/mol. The molecule has 0 saturated carbocycles. The van der Waals surface area contributed by atoms with Crippen LogP contribution >= 0.6 is 0 Å². The van der Waals surface area contributed by atoms with Crippen LogP contribution in [0.1, 0.15) is 0 Å². The van der Waals surface area contributed by atoms with Crippen LogP contribution in [0.5, 0.6) is 0 Å². The lowest BCUT2D eigenvalue weighted by atomic mass is 9.99. The van der Waals surface area contributed by atoms with Gasteiger partial charge >= 0.3 is 0 Å². The van der Waals surface area contributed by atoms with E-state index >= 15 is 0 Å². The van der Waals surface area contributed by atoms with E-state index in [1.54, 1.807) is 17.2 Å². The third-order valence-corrected chi connectivity index (χ3v) is 4.58. The molecular formula is C17H15N9O. The van der Waals surface area contributed by atoms with Crippen LogP contribution in [0, 0.1) is 5.92 Å². The van der Waals surface area contributed by atoms with Crippen molar-refractivity contribution in [3.05, 3.63) is 49.4 Å². The van der Waals surface area contributed by atoms with E-state index in [9.17, 15) is 4.79 Å². The van der Waals surface area contributed by atoms with Crippen LogP contribution in [0.15, 0.2) is 49.4 Å². The minimum absolute atomic E-state index is 0.00401. The lowest BCUT2D eigenvalue weighted by molar-refractivity contribution is -0.120. The largest absolute Gasteiger partial charge is 0.355 e. The zero-order chi connectivity index (χ0) is 18.2. The summed E-state index contributed by atoms with van der Waals surface area (Å²) in [6.45, 7) is 1.21. The van der Waals surface area contributed by atoms with Gasteiger partial charge in [-0.3, -0.25) is 9.89 Å². The first kappa shape index (κ1) is 15.4. The number of amides is 1. The number of rotatable bonds is 4. The molecule has 1 aromatic carbocycles. The quantitative estimate of drug-likeness (QED) is 0.557. The summed E-state index contributed by atoms with van der Waals surface area (Å²) in [4.78, 5) is 26.9. The van der Waals surface area contributed by atoms with E-state index in [0.717, 1.165) is 22.4 Å². The molecule has 10 nitrogen and oxygen atoms in total. The first-order valence-electron chi connectivity index (χ1n) is 8.42. The van der Waals surface area contributed by atoms with E-state index in [-0.39, 0.29) is 11.8 Å². The monoisotopic (exact) mass is 361 g/mol. The van der Waals surface area contributed by atoms with Crippen molar-refractivity contribution in [2.45, 2.75) is 0 Å². The van der Waals surface area contributed by atoms with Crippen molar-refractivity contribution in [3.63, 3.8) is 0 Å². The van der Waals surface area contributed by atoms with Crippen molar-refractivity contribution in [1.82, 2.24) is 34.9 Å². The molecule has 0 aliphatic carbocycles. The van der Waals surface area contributed by atoms with Crippen LogP contribution in [0.4, 0.5) is 11.5 Å². The number of aromatic amines is 1. The zero-order valence-corrected chi connectivity index (χ0v) is 14.1. The molecule has 1 amide bonds. The Balaban J connectivity index is 1.24. The number of carbonyl (C=O) groups is 1. The second-order valence-corrected chi connectivity index (χ2v) is 6.34. The van der Waals surface area contributed by atoms with Crippen LogP contribution in [-0.4, -0.2) is 53.9 Å². The van der Waals surface area contributed by atoms with Crippen molar-refractivity contribution in [2.24, 2.45) is 5.92 Å². The average Bonchev–Trinajstić information content (AvgIpc) is 3.32. The third-order valence-electron chi connectivity index (χ3n) is 4.58. The van der Waals surface area contributed by atoms with Gasteiger partial charge in [0.05, 0.1) is 17.6 Å². The van der Waals surface area contributed by atoms with Crippen molar-refractivity contribution >= 4 is 28.3 Å². The lowest BCUT2D eigenvalue weighted by Gasteiger charge is -2.39. The second-order valence-electron chi connectivity index (χ2n) is 6.34. The fourth-order valence-corrected chi connectivity index (χ4v) is 3.05. The molecule has 27 heavy (non-hydrogen) atoms. The fraction of sp³-hybridized carbons (Fsp3) is 0.176. The number of anilines is 2. The summed E-state index contributed by atoms with van der Waals surface area (Å²) < 4.78 is 1.57. The smallest absolute Gasteiger partial charge is 0.231 e. The molecule has 134 valence electrons. The van der Waals surface area contributed by atoms with E-state index in [1.807, 2.05) is 29.2 Å². The molecule has 0 atom stereocenters. The molecule has 0 unspecified atom stereocenters. The number of nitrogens with one attached hydrogen (secondary N) is 2. The normalized spacial score (nSPS) is 14.3. The maximum Gasteiger partial charge on any atom is 0.231 e. The molecule has 4 aromatic rings. The fourth-order valence-electron chi connectivity index (χ4n) is 3.05. The van der Waals surface area contributed by atoms with Crippen molar-refractivity contribution < 1.29 is 4.79 Å². The number of aromatic nitrogens is 7. The van der Waals surface area contributed by atoms with E-state index in [2.05, 4.69) is 35.6 Å². The summed E-state index contributed by atoms with van der Waals surface area (Å²) in [6, 6.07) is 7.51. The van der Waals surface area contributed by atoms with Gasteiger partial charge in [0, 0.05) is 30.2 Å². The Morgan fingerprint density at radius 2 is 2.04 bits per heavy atom. The standard InChI is InChI=1S/C17H15N9O/c27-17(23-13-2-1-11-5-21-24-14(11)3-13)12-6-25(7-12)15-4-16(20-9-19-15)26-10-18-8-22-26/h1-5,8-10,12H,6-7H2,(H,21,24)(H,23,27). The SMILES string of the molecule is O=C(Nc1ccc2cn[nH]c2c1)C1CN(c2cc(-n3cncn3)ncn2)C1. The highest BCUT2D eigenvalue weighted by Gasteiger charge is 2.33. The summed E-state index contributed by atoms with van der Waals surface area (Å²) in [5, 5.41) is 14.9. The Bertz CT molecular complexity index is 1100. The van der Waals surface area contributed by atoms with Gasteiger partial charge in [-0.25, -0.2) is 19.6 Å². The number of hydrogen-bond donors (Lipinski definition) is 2.